The van der Waals surface area contributed by atoms with Crippen LogP contribution in [0.25, 0.3) is 0 Å². The Balaban J connectivity index is 1.61. The number of amides is 1. The zero-order valence-corrected chi connectivity index (χ0v) is 15.1. The third-order valence-corrected chi connectivity index (χ3v) is 4.69. The Hall–Kier alpha value is -2.84. The van der Waals surface area contributed by atoms with Crippen LogP contribution in [0.5, 0.6) is 5.75 Å². The summed E-state index contributed by atoms with van der Waals surface area (Å²) >= 11 is 0. The average molecular weight is 349 g/mol. The predicted molar refractivity (Wildman–Crippen MR) is 101 cm³/mol. The van der Waals surface area contributed by atoms with Crippen molar-refractivity contribution in [2.24, 2.45) is 0 Å². The predicted octanol–water partition coefficient (Wildman–Crippen LogP) is 3.35. The Bertz CT molecular complexity index is 794. The second kappa shape index (κ2) is 8.03. The standard InChI is InChI=1S/C21H23N3O2/c1-15-3-7-18(8-4-15)24-13-11-20(21(24)25)23-16(2)17-5-9-19(10-6-17)26-14-12-22/h3-10,16,20,23H,11,13-14H2,1-2H3. The molecule has 0 saturated carbocycles. The van der Waals surface area contributed by atoms with E-state index in [0.717, 1.165) is 24.2 Å². The molecule has 1 aliphatic rings. The van der Waals surface area contributed by atoms with Crippen molar-refractivity contribution in [2.45, 2.75) is 32.4 Å². The van der Waals surface area contributed by atoms with Gasteiger partial charge in [-0.05, 0) is 50.1 Å². The fraction of sp³-hybridized carbons (Fsp3) is 0.333. The van der Waals surface area contributed by atoms with Crippen LogP contribution in [0.3, 0.4) is 0 Å². The number of nitrogens with zero attached hydrogens (tertiary/aromatic N) is 2. The van der Waals surface area contributed by atoms with E-state index in [2.05, 4.69) is 5.32 Å². The van der Waals surface area contributed by atoms with Gasteiger partial charge in [-0.2, -0.15) is 5.26 Å². The summed E-state index contributed by atoms with van der Waals surface area (Å²) in [6.45, 7) is 4.86. The Kier molecular flexibility index (Phi) is 5.55. The Morgan fingerprint density at radius 3 is 2.58 bits per heavy atom. The van der Waals surface area contributed by atoms with E-state index in [9.17, 15) is 4.79 Å². The number of ether oxygens (including phenoxy) is 1. The molecule has 1 saturated heterocycles. The van der Waals surface area contributed by atoms with E-state index in [0.29, 0.717) is 5.75 Å². The van der Waals surface area contributed by atoms with Crippen molar-refractivity contribution in [3.63, 3.8) is 0 Å². The fourth-order valence-electron chi connectivity index (χ4n) is 3.18. The van der Waals surface area contributed by atoms with E-state index < -0.39 is 0 Å². The largest absolute Gasteiger partial charge is 0.479 e. The highest BCUT2D eigenvalue weighted by atomic mass is 16.5. The van der Waals surface area contributed by atoms with Gasteiger partial charge in [0.1, 0.15) is 11.8 Å². The fourth-order valence-corrected chi connectivity index (χ4v) is 3.18. The van der Waals surface area contributed by atoms with E-state index in [1.54, 1.807) is 0 Å². The number of benzene rings is 2. The summed E-state index contributed by atoms with van der Waals surface area (Å²) in [4.78, 5) is 14.6. The molecule has 1 aliphatic heterocycles. The molecule has 2 unspecified atom stereocenters. The van der Waals surface area contributed by atoms with Gasteiger partial charge in [-0.1, -0.05) is 29.8 Å². The third-order valence-electron chi connectivity index (χ3n) is 4.69. The first-order chi connectivity index (χ1) is 12.6. The molecule has 26 heavy (non-hydrogen) atoms. The van der Waals surface area contributed by atoms with Gasteiger partial charge in [0.15, 0.2) is 6.61 Å². The lowest BCUT2D eigenvalue weighted by atomic mass is 10.1. The number of hydrogen-bond acceptors (Lipinski definition) is 4. The van der Waals surface area contributed by atoms with Crippen LogP contribution in [0.1, 0.15) is 30.5 Å². The highest BCUT2D eigenvalue weighted by molar-refractivity contribution is 5.99. The molecular weight excluding hydrogens is 326 g/mol. The van der Waals surface area contributed by atoms with Crippen molar-refractivity contribution in [1.29, 1.82) is 5.26 Å². The molecule has 0 spiro atoms. The number of carbonyl (C=O) groups excluding carboxylic acids is 1. The van der Waals surface area contributed by atoms with Crippen LogP contribution in [-0.2, 0) is 4.79 Å². The van der Waals surface area contributed by atoms with Gasteiger partial charge >= 0.3 is 0 Å². The second-order valence-corrected chi connectivity index (χ2v) is 6.57. The first-order valence-corrected chi connectivity index (χ1v) is 8.82. The van der Waals surface area contributed by atoms with E-state index in [1.807, 2.05) is 73.3 Å². The lowest BCUT2D eigenvalue weighted by Crippen LogP contribution is -2.39. The van der Waals surface area contributed by atoms with Gasteiger partial charge in [0, 0.05) is 18.3 Å². The van der Waals surface area contributed by atoms with Gasteiger partial charge < -0.3 is 9.64 Å². The van der Waals surface area contributed by atoms with Crippen molar-refractivity contribution >= 4 is 11.6 Å². The van der Waals surface area contributed by atoms with Gasteiger partial charge in [0.25, 0.3) is 0 Å². The maximum Gasteiger partial charge on any atom is 0.244 e. The SMILES string of the molecule is Cc1ccc(N2CCC(NC(C)c3ccc(OCC#N)cc3)C2=O)cc1. The summed E-state index contributed by atoms with van der Waals surface area (Å²) in [5, 5.41) is 12.0. The lowest BCUT2D eigenvalue weighted by molar-refractivity contribution is -0.119. The van der Waals surface area contributed by atoms with Gasteiger partial charge in [-0.3, -0.25) is 10.1 Å². The third kappa shape index (κ3) is 4.04. The smallest absolute Gasteiger partial charge is 0.244 e. The second-order valence-electron chi connectivity index (χ2n) is 6.57. The van der Waals surface area contributed by atoms with Crippen LogP contribution in [0, 0.1) is 18.3 Å². The normalized spacial score (nSPS) is 17.8. The molecule has 0 aliphatic carbocycles. The minimum Gasteiger partial charge on any atom is -0.479 e. The number of aryl methyl sites for hydroxylation is 1. The molecular formula is C21H23N3O2. The quantitative estimate of drug-likeness (QED) is 0.868. The zero-order chi connectivity index (χ0) is 18.5. The van der Waals surface area contributed by atoms with Crippen molar-refractivity contribution in [2.75, 3.05) is 18.1 Å². The summed E-state index contributed by atoms with van der Waals surface area (Å²) in [5.74, 6) is 0.791. The van der Waals surface area contributed by atoms with Crippen molar-refractivity contribution in [3.8, 4) is 11.8 Å². The summed E-state index contributed by atoms with van der Waals surface area (Å²) in [5.41, 5.74) is 3.22. The topological polar surface area (TPSA) is 65.4 Å². The van der Waals surface area contributed by atoms with E-state index in [4.69, 9.17) is 10.00 Å². The molecule has 1 heterocycles. The molecule has 1 fully saturated rings. The molecule has 134 valence electrons. The van der Waals surface area contributed by atoms with Crippen molar-refractivity contribution in [3.05, 3.63) is 59.7 Å². The maximum atomic E-state index is 12.7. The number of carbonyl (C=O) groups is 1. The monoisotopic (exact) mass is 349 g/mol. The summed E-state index contributed by atoms with van der Waals surface area (Å²) in [6, 6.07) is 17.5. The van der Waals surface area contributed by atoms with E-state index in [1.165, 1.54) is 5.56 Å². The molecule has 2 atom stereocenters. The highest BCUT2D eigenvalue weighted by Gasteiger charge is 2.33. The molecule has 5 nitrogen and oxygen atoms in total. The molecule has 0 bridgehead atoms. The zero-order valence-electron chi connectivity index (χ0n) is 15.1. The molecule has 3 rings (SSSR count). The van der Waals surface area contributed by atoms with Crippen LogP contribution in [-0.4, -0.2) is 25.1 Å². The minimum absolute atomic E-state index is 0.0402. The lowest BCUT2D eigenvalue weighted by Gasteiger charge is -2.21. The number of hydrogen-bond donors (Lipinski definition) is 1. The van der Waals surface area contributed by atoms with Crippen LogP contribution in [0.4, 0.5) is 5.69 Å². The highest BCUT2D eigenvalue weighted by Crippen LogP contribution is 2.24. The first-order valence-electron chi connectivity index (χ1n) is 8.82. The number of anilines is 1. The van der Waals surface area contributed by atoms with Gasteiger partial charge in [0.05, 0.1) is 6.04 Å². The Morgan fingerprint density at radius 2 is 1.92 bits per heavy atom. The Labute approximate surface area is 154 Å². The molecule has 1 amide bonds. The molecule has 0 aromatic heterocycles. The number of nitriles is 1. The van der Waals surface area contributed by atoms with Gasteiger partial charge in [-0.15, -0.1) is 0 Å². The van der Waals surface area contributed by atoms with Crippen LogP contribution >= 0.6 is 0 Å². The Morgan fingerprint density at radius 1 is 1.23 bits per heavy atom. The van der Waals surface area contributed by atoms with Crippen LogP contribution in [0.2, 0.25) is 0 Å². The summed E-state index contributed by atoms with van der Waals surface area (Å²) in [7, 11) is 0. The van der Waals surface area contributed by atoms with Crippen molar-refractivity contribution in [1.82, 2.24) is 5.32 Å². The number of nitrogens with one attached hydrogen (secondary N) is 1. The maximum absolute atomic E-state index is 12.7. The van der Waals surface area contributed by atoms with Gasteiger partial charge in [0.2, 0.25) is 5.91 Å². The average Bonchev–Trinajstić information content (AvgIpc) is 3.01. The van der Waals surface area contributed by atoms with Crippen LogP contribution in [0.15, 0.2) is 48.5 Å². The summed E-state index contributed by atoms with van der Waals surface area (Å²) < 4.78 is 5.27. The molecule has 1 N–H and O–H groups in total. The summed E-state index contributed by atoms with van der Waals surface area (Å²) in [6.07, 6.45) is 0.792. The number of rotatable bonds is 6. The first kappa shape index (κ1) is 18.0. The molecule has 2 aromatic rings. The molecule has 0 radical (unpaired) electrons. The van der Waals surface area contributed by atoms with Crippen molar-refractivity contribution < 1.29 is 9.53 Å². The minimum atomic E-state index is -0.180. The van der Waals surface area contributed by atoms with E-state index >= 15 is 0 Å². The molecule has 5 heteroatoms. The molecule has 2 aromatic carbocycles. The van der Waals surface area contributed by atoms with E-state index in [-0.39, 0.29) is 24.6 Å². The van der Waals surface area contributed by atoms with Gasteiger partial charge in [-0.25, -0.2) is 0 Å². The van der Waals surface area contributed by atoms with Crippen LogP contribution < -0.4 is 15.0 Å².